The predicted molar refractivity (Wildman–Crippen MR) is 103 cm³/mol. The maximum absolute atomic E-state index is 12.7. The fourth-order valence-electron chi connectivity index (χ4n) is 2.73. The first-order valence-corrected chi connectivity index (χ1v) is 9.73. The minimum Gasteiger partial charge on any atom is -0.289 e. The molecule has 0 heterocycles. The molecule has 0 spiro atoms. The summed E-state index contributed by atoms with van der Waals surface area (Å²) in [6.07, 6.45) is 0. The van der Waals surface area contributed by atoms with Crippen LogP contribution in [0.4, 0.5) is 0 Å². The molecule has 0 unspecified atom stereocenters. The monoisotopic (exact) mass is 385 g/mol. The number of hydrogen-bond acceptors (Lipinski definition) is 3. The van der Waals surface area contributed by atoms with Crippen LogP contribution >= 0.6 is 11.6 Å². The third-order valence-electron chi connectivity index (χ3n) is 4.10. The lowest BCUT2D eigenvalue weighted by Crippen LogP contribution is -2.14. The van der Waals surface area contributed by atoms with Crippen molar-refractivity contribution < 1.29 is 13.2 Å². The van der Waals surface area contributed by atoms with Crippen LogP contribution in [0.15, 0.2) is 71.6 Å². The minimum atomic E-state index is -4.00. The van der Waals surface area contributed by atoms with Gasteiger partial charge in [-0.15, -0.1) is 0 Å². The van der Waals surface area contributed by atoms with Crippen LogP contribution in [-0.4, -0.2) is 14.2 Å². The number of halogens is 1. The van der Waals surface area contributed by atoms with Crippen molar-refractivity contribution in [3.8, 4) is 11.1 Å². The van der Waals surface area contributed by atoms with E-state index in [1.807, 2.05) is 43.3 Å². The number of nitrogens with two attached hydrogens (primary N) is 1. The van der Waals surface area contributed by atoms with Gasteiger partial charge < -0.3 is 0 Å². The molecule has 0 fully saturated rings. The van der Waals surface area contributed by atoms with E-state index < -0.39 is 10.0 Å². The van der Waals surface area contributed by atoms with Crippen LogP contribution < -0.4 is 5.14 Å². The van der Waals surface area contributed by atoms with Gasteiger partial charge in [-0.05, 0) is 41.8 Å². The normalized spacial score (nSPS) is 11.3. The van der Waals surface area contributed by atoms with E-state index in [2.05, 4.69) is 0 Å². The Morgan fingerprint density at radius 1 is 0.923 bits per heavy atom. The van der Waals surface area contributed by atoms with E-state index in [0.29, 0.717) is 5.56 Å². The summed E-state index contributed by atoms with van der Waals surface area (Å²) >= 11 is 5.86. The van der Waals surface area contributed by atoms with Crippen LogP contribution in [-0.2, 0) is 10.0 Å². The number of carbonyl (C=O) groups is 1. The van der Waals surface area contributed by atoms with Crippen molar-refractivity contribution >= 4 is 27.4 Å². The summed E-state index contributed by atoms with van der Waals surface area (Å²) < 4.78 is 23.2. The molecular formula is C20H16ClNO3S. The van der Waals surface area contributed by atoms with Crippen molar-refractivity contribution in [1.29, 1.82) is 0 Å². The van der Waals surface area contributed by atoms with Gasteiger partial charge >= 0.3 is 0 Å². The van der Waals surface area contributed by atoms with Gasteiger partial charge in [0, 0.05) is 11.1 Å². The number of sulfonamides is 1. The Kier molecular flexibility index (Phi) is 4.96. The lowest BCUT2D eigenvalue weighted by Gasteiger charge is -2.08. The summed E-state index contributed by atoms with van der Waals surface area (Å²) in [7, 11) is -4.00. The van der Waals surface area contributed by atoms with E-state index in [1.54, 1.807) is 12.1 Å². The minimum absolute atomic E-state index is 0.0149. The fraction of sp³-hybridized carbons (Fsp3) is 0.0500. The smallest absolute Gasteiger partial charge is 0.239 e. The first kappa shape index (κ1) is 18.3. The molecule has 3 rings (SSSR count). The summed E-state index contributed by atoms with van der Waals surface area (Å²) in [5, 5.41) is 5.13. The number of benzene rings is 3. The van der Waals surface area contributed by atoms with E-state index in [1.165, 1.54) is 18.2 Å². The van der Waals surface area contributed by atoms with E-state index in [9.17, 15) is 13.2 Å². The number of carbonyl (C=O) groups excluding carboxylic acids is 1. The van der Waals surface area contributed by atoms with Gasteiger partial charge in [-0.2, -0.15) is 0 Å². The fourth-order valence-corrected chi connectivity index (χ4v) is 3.80. The standard InChI is InChI=1S/C20H16ClNO3S/c1-13-4-2-3-5-17(13)14-6-8-15(9-7-14)20(23)16-10-11-18(21)19(12-16)26(22,24)25/h2-12H,1H3,(H2,22,24,25). The van der Waals surface area contributed by atoms with Crippen LogP contribution in [0.2, 0.25) is 5.02 Å². The number of ketones is 1. The molecule has 0 radical (unpaired) electrons. The highest BCUT2D eigenvalue weighted by molar-refractivity contribution is 7.89. The van der Waals surface area contributed by atoms with Crippen LogP contribution in [0.3, 0.4) is 0 Å². The molecule has 0 aromatic heterocycles. The average molecular weight is 386 g/mol. The third-order valence-corrected chi connectivity index (χ3v) is 5.50. The average Bonchev–Trinajstić information content (AvgIpc) is 2.61. The molecular weight excluding hydrogens is 370 g/mol. The number of rotatable bonds is 4. The molecule has 0 amide bonds. The second kappa shape index (κ2) is 7.03. The Bertz CT molecular complexity index is 1090. The van der Waals surface area contributed by atoms with Gasteiger partial charge in [0.15, 0.2) is 5.78 Å². The molecule has 0 atom stereocenters. The van der Waals surface area contributed by atoms with Crippen molar-refractivity contribution in [3.63, 3.8) is 0 Å². The summed E-state index contributed by atoms with van der Waals surface area (Å²) in [6, 6.07) is 19.2. The number of aryl methyl sites for hydroxylation is 1. The molecule has 3 aromatic rings. The van der Waals surface area contributed by atoms with Crippen LogP contribution in [0, 0.1) is 6.92 Å². The quantitative estimate of drug-likeness (QED) is 0.684. The Labute approximate surface area is 157 Å². The van der Waals surface area contributed by atoms with Gasteiger partial charge in [-0.3, -0.25) is 4.79 Å². The zero-order valence-electron chi connectivity index (χ0n) is 13.9. The molecule has 26 heavy (non-hydrogen) atoms. The highest BCUT2D eigenvalue weighted by atomic mass is 35.5. The van der Waals surface area contributed by atoms with E-state index in [0.717, 1.165) is 16.7 Å². The number of hydrogen-bond donors (Lipinski definition) is 1. The van der Waals surface area contributed by atoms with E-state index in [-0.39, 0.29) is 21.3 Å². The van der Waals surface area contributed by atoms with Gasteiger partial charge in [0.2, 0.25) is 10.0 Å². The Morgan fingerprint density at radius 3 is 2.15 bits per heavy atom. The zero-order valence-corrected chi connectivity index (χ0v) is 15.5. The Hall–Kier alpha value is -2.47. The second-order valence-corrected chi connectivity index (χ2v) is 7.85. The van der Waals surface area contributed by atoms with Crippen molar-refractivity contribution in [2.45, 2.75) is 11.8 Å². The molecule has 132 valence electrons. The molecule has 6 heteroatoms. The van der Waals surface area contributed by atoms with Gasteiger partial charge in [0.25, 0.3) is 0 Å². The van der Waals surface area contributed by atoms with Crippen molar-refractivity contribution in [1.82, 2.24) is 0 Å². The summed E-state index contributed by atoms with van der Waals surface area (Å²) in [6.45, 7) is 2.02. The predicted octanol–water partition coefficient (Wildman–Crippen LogP) is 4.19. The van der Waals surface area contributed by atoms with Gasteiger partial charge in [0.1, 0.15) is 4.90 Å². The maximum Gasteiger partial charge on any atom is 0.239 e. The van der Waals surface area contributed by atoms with Gasteiger partial charge in [-0.1, -0.05) is 60.1 Å². The molecule has 3 aromatic carbocycles. The van der Waals surface area contributed by atoms with E-state index in [4.69, 9.17) is 16.7 Å². The maximum atomic E-state index is 12.7. The molecule has 0 aliphatic heterocycles. The first-order chi connectivity index (χ1) is 12.3. The van der Waals surface area contributed by atoms with Crippen molar-refractivity contribution in [3.05, 3.63) is 88.4 Å². The SMILES string of the molecule is Cc1ccccc1-c1ccc(C(=O)c2ccc(Cl)c(S(N)(=O)=O)c2)cc1. The molecule has 2 N–H and O–H groups in total. The van der Waals surface area contributed by atoms with Crippen LogP contribution in [0.25, 0.3) is 11.1 Å². The summed E-state index contributed by atoms with van der Waals surface area (Å²) in [5.41, 5.74) is 3.89. The largest absolute Gasteiger partial charge is 0.289 e. The number of primary sulfonamides is 1. The Balaban J connectivity index is 1.96. The summed E-state index contributed by atoms with van der Waals surface area (Å²) in [5.74, 6) is -0.303. The van der Waals surface area contributed by atoms with Crippen LogP contribution in [0.5, 0.6) is 0 Å². The van der Waals surface area contributed by atoms with Gasteiger partial charge in [-0.25, -0.2) is 13.6 Å². The highest BCUT2D eigenvalue weighted by Crippen LogP contribution is 2.26. The van der Waals surface area contributed by atoms with Crippen molar-refractivity contribution in [2.24, 2.45) is 5.14 Å². The lowest BCUT2D eigenvalue weighted by atomic mass is 9.97. The topological polar surface area (TPSA) is 77.2 Å². The van der Waals surface area contributed by atoms with Crippen molar-refractivity contribution in [2.75, 3.05) is 0 Å². The zero-order chi connectivity index (χ0) is 18.9. The first-order valence-electron chi connectivity index (χ1n) is 7.80. The third kappa shape index (κ3) is 3.70. The molecule has 0 bridgehead atoms. The molecule has 4 nitrogen and oxygen atoms in total. The molecule has 0 saturated heterocycles. The molecule has 0 saturated carbocycles. The van der Waals surface area contributed by atoms with Gasteiger partial charge in [0.05, 0.1) is 5.02 Å². The Morgan fingerprint density at radius 2 is 1.54 bits per heavy atom. The summed E-state index contributed by atoms with van der Waals surface area (Å²) in [4.78, 5) is 12.4. The second-order valence-electron chi connectivity index (χ2n) is 5.91. The van der Waals surface area contributed by atoms with E-state index >= 15 is 0 Å². The van der Waals surface area contributed by atoms with Crippen LogP contribution in [0.1, 0.15) is 21.5 Å². The lowest BCUT2D eigenvalue weighted by molar-refractivity contribution is 0.103. The molecule has 0 aliphatic carbocycles. The molecule has 0 aliphatic rings. The highest BCUT2D eigenvalue weighted by Gasteiger charge is 2.17.